The van der Waals surface area contributed by atoms with E-state index in [1.807, 2.05) is 0 Å². The molecule has 0 spiro atoms. The summed E-state index contributed by atoms with van der Waals surface area (Å²) in [4.78, 5) is 50.6. The van der Waals surface area contributed by atoms with Crippen molar-refractivity contribution in [2.45, 2.75) is 232 Å². The molecule has 0 fully saturated rings. The lowest BCUT2D eigenvalue weighted by Gasteiger charge is -2.27. The fraction of sp³-hybridized carbons (Fsp3) is 0.900. The van der Waals surface area contributed by atoms with Crippen molar-refractivity contribution < 1.29 is 24.3 Å². The SMILES string of the molecule is CCCCCCCCCCCCCCCCCC(=O)N(C(=O)CCCCCCCCCCCCCCCCC)[C@@H](CC(=O)O)C(N)=O. The third-order valence-electron chi connectivity index (χ3n) is 9.53. The van der Waals surface area contributed by atoms with Crippen molar-refractivity contribution in [3.8, 4) is 0 Å². The average molecular weight is 665 g/mol. The average Bonchev–Trinajstić information content (AvgIpc) is 3.04. The molecule has 0 unspecified atom stereocenters. The summed E-state index contributed by atoms with van der Waals surface area (Å²) in [5.74, 6) is -3.15. The first kappa shape index (κ1) is 45.1. The molecule has 47 heavy (non-hydrogen) atoms. The Morgan fingerprint density at radius 2 is 0.681 bits per heavy atom. The van der Waals surface area contributed by atoms with E-state index < -0.39 is 36.2 Å². The number of amides is 3. The van der Waals surface area contributed by atoms with E-state index in [1.165, 1.54) is 141 Å². The molecule has 7 nitrogen and oxygen atoms in total. The van der Waals surface area contributed by atoms with Gasteiger partial charge >= 0.3 is 5.97 Å². The van der Waals surface area contributed by atoms with Crippen molar-refractivity contribution in [1.82, 2.24) is 4.90 Å². The van der Waals surface area contributed by atoms with Crippen molar-refractivity contribution in [2.75, 3.05) is 0 Å². The molecule has 0 saturated carbocycles. The summed E-state index contributed by atoms with van der Waals surface area (Å²) in [5, 5.41) is 9.32. The molecule has 0 heterocycles. The zero-order valence-corrected chi connectivity index (χ0v) is 31.0. The highest BCUT2D eigenvalue weighted by molar-refractivity contribution is 6.01. The Hall–Kier alpha value is -1.92. The summed E-state index contributed by atoms with van der Waals surface area (Å²) < 4.78 is 0. The molecular formula is C40H76N2O5. The van der Waals surface area contributed by atoms with Gasteiger partial charge in [0.2, 0.25) is 17.7 Å². The van der Waals surface area contributed by atoms with Gasteiger partial charge in [-0.05, 0) is 12.8 Å². The summed E-state index contributed by atoms with van der Waals surface area (Å²) in [6.45, 7) is 4.51. The van der Waals surface area contributed by atoms with Gasteiger partial charge in [-0.3, -0.25) is 24.1 Å². The number of unbranched alkanes of at least 4 members (excludes halogenated alkanes) is 28. The van der Waals surface area contributed by atoms with Gasteiger partial charge in [-0.15, -0.1) is 0 Å². The lowest BCUT2D eigenvalue weighted by molar-refractivity contribution is -0.154. The summed E-state index contributed by atoms with van der Waals surface area (Å²) in [6.07, 6.45) is 36.1. The van der Waals surface area contributed by atoms with Crippen LogP contribution >= 0.6 is 0 Å². The first-order chi connectivity index (χ1) is 22.8. The molecule has 0 aromatic rings. The van der Waals surface area contributed by atoms with E-state index in [2.05, 4.69) is 13.8 Å². The smallest absolute Gasteiger partial charge is 0.306 e. The molecule has 0 aromatic heterocycles. The van der Waals surface area contributed by atoms with Crippen LogP contribution in [-0.2, 0) is 19.2 Å². The van der Waals surface area contributed by atoms with E-state index in [0.29, 0.717) is 12.8 Å². The highest BCUT2D eigenvalue weighted by atomic mass is 16.4. The van der Waals surface area contributed by atoms with Gasteiger partial charge in [-0.25, -0.2) is 0 Å². The van der Waals surface area contributed by atoms with E-state index in [4.69, 9.17) is 5.73 Å². The number of rotatable bonds is 36. The molecule has 0 aromatic carbocycles. The number of carboxylic acids is 1. The number of hydrogen-bond acceptors (Lipinski definition) is 4. The Labute approximate surface area is 290 Å². The number of primary amides is 1. The van der Waals surface area contributed by atoms with Gasteiger partial charge in [0.05, 0.1) is 6.42 Å². The Balaban J connectivity index is 4.22. The predicted molar refractivity (Wildman–Crippen MR) is 196 cm³/mol. The highest BCUT2D eigenvalue weighted by Gasteiger charge is 2.34. The Kier molecular flexibility index (Phi) is 32.6. The van der Waals surface area contributed by atoms with Crippen molar-refractivity contribution >= 4 is 23.7 Å². The molecular weight excluding hydrogens is 588 g/mol. The predicted octanol–water partition coefficient (Wildman–Crippen LogP) is 11.2. The van der Waals surface area contributed by atoms with Gasteiger partial charge in [0, 0.05) is 12.8 Å². The summed E-state index contributed by atoms with van der Waals surface area (Å²) >= 11 is 0. The van der Waals surface area contributed by atoms with Gasteiger partial charge in [0.15, 0.2) is 0 Å². The van der Waals surface area contributed by atoms with Gasteiger partial charge in [-0.1, -0.05) is 194 Å². The van der Waals surface area contributed by atoms with E-state index in [9.17, 15) is 24.3 Å². The maximum absolute atomic E-state index is 13.1. The van der Waals surface area contributed by atoms with Crippen LogP contribution in [0.5, 0.6) is 0 Å². The topological polar surface area (TPSA) is 118 Å². The number of carboxylic acid groups (broad SMARTS) is 1. The maximum atomic E-state index is 13.1. The minimum atomic E-state index is -1.43. The third-order valence-corrected chi connectivity index (χ3v) is 9.53. The van der Waals surface area contributed by atoms with E-state index in [1.54, 1.807) is 0 Å². The van der Waals surface area contributed by atoms with Crippen LogP contribution in [-0.4, -0.2) is 39.7 Å². The van der Waals surface area contributed by atoms with Crippen LogP contribution in [0.15, 0.2) is 0 Å². The number of hydrogen-bond donors (Lipinski definition) is 2. The number of nitrogens with zero attached hydrogens (tertiary/aromatic N) is 1. The minimum absolute atomic E-state index is 0.131. The first-order valence-corrected chi connectivity index (χ1v) is 20.2. The van der Waals surface area contributed by atoms with Gasteiger partial charge in [-0.2, -0.15) is 0 Å². The lowest BCUT2D eigenvalue weighted by atomic mass is 10.0. The van der Waals surface area contributed by atoms with Crippen molar-refractivity contribution in [2.24, 2.45) is 5.73 Å². The van der Waals surface area contributed by atoms with Crippen LogP contribution in [0.1, 0.15) is 226 Å². The Bertz CT molecular complexity index is 726. The molecule has 0 rings (SSSR count). The van der Waals surface area contributed by atoms with Crippen LogP contribution in [0.4, 0.5) is 0 Å². The van der Waals surface area contributed by atoms with Crippen molar-refractivity contribution in [3.05, 3.63) is 0 Å². The molecule has 3 amide bonds. The van der Waals surface area contributed by atoms with Crippen molar-refractivity contribution in [1.29, 1.82) is 0 Å². The summed E-state index contributed by atoms with van der Waals surface area (Å²) in [5.41, 5.74) is 5.48. The fourth-order valence-corrected chi connectivity index (χ4v) is 6.51. The quantitative estimate of drug-likeness (QED) is 0.0646. The monoisotopic (exact) mass is 665 g/mol. The molecule has 0 aliphatic carbocycles. The number of carbonyl (C=O) groups excluding carboxylic acids is 3. The number of nitrogens with two attached hydrogens (primary N) is 1. The normalized spacial score (nSPS) is 11.9. The van der Waals surface area contributed by atoms with Gasteiger partial charge in [0.25, 0.3) is 0 Å². The van der Waals surface area contributed by atoms with Crippen LogP contribution in [0, 0.1) is 0 Å². The van der Waals surface area contributed by atoms with E-state index in [-0.39, 0.29) is 12.8 Å². The zero-order valence-electron chi connectivity index (χ0n) is 31.0. The molecule has 3 N–H and O–H groups in total. The lowest BCUT2D eigenvalue weighted by Crippen LogP contribution is -2.51. The molecule has 276 valence electrons. The van der Waals surface area contributed by atoms with Gasteiger partial charge < -0.3 is 10.8 Å². The van der Waals surface area contributed by atoms with E-state index >= 15 is 0 Å². The molecule has 0 aliphatic heterocycles. The van der Waals surface area contributed by atoms with Crippen LogP contribution < -0.4 is 5.73 Å². The summed E-state index contributed by atoms with van der Waals surface area (Å²) in [7, 11) is 0. The maximum Gasteiger partial charge on any atom is 0.306 e. The number of aliphatic carboxylic acids is 1. The first-order valence-electron chi connectivity index (χ1n) is 20.2. The molecule has 0 aliphatic rings. The second-order valence-electron chi connectivity index (χ2n) is 14.1. The molecule has 0 saturated heterocycles. The molecule has 0 radical (unpaired) electrons. The van der Waals surface area contributed by atoms with Gasteiger partial charge in [0.1, 0.15) is 6.04 Å². The van der Waals surface area contributed by atoms with Crippen LogP contribution in [0.25, 0.3) is 0 Å². The number of carbonyl (C=O) groups is 4. The largest absolute Gasteiger partial charge is 0.481 e. The third kappa shape index (κ3) is 28.8. The number of imide groups is 1. The fourth-order valence-electron chi connectivity index (χ4n) is 6.51. The Morgan fingerprint density at radius 3 is 0.894 bits per heavy atom. The standard InChI is InChI=1S/C40H76N2O5/c1-3-5-7-9-11-13-15-17-19-21-23-25-27-29-31-33-37(43)42(36(40(41)47)35-39(45)46)38(44)34-32-30-28-26-24-22-20-18-16-14-12-10-8-6-4-2/h36H,3-35H2,1-2H3,(H2,41,47)(H,45,46)/t36-/m0/s1. The van der Waals surface area contributed by atoms with Crippen LogP contribution in [0.3, 0.4) is 0 Å². The van der Waals surface area contributed by atoms with Crippen LogP contribution in [0.2, 0.25) is 0 Å². The van der Waals surface area contributed by atoms with Crippen molar-refractivity contribution in [3.63, 3.8) is 0 Å². The second-order valence-corrected chi connectivity index (χ2v) is 14.1. The highest BCUT2D eigenvalue weighted by Crippen LogP contribution is 2.18. The van der Waals surface area contributed by atoms with E-state index in [0.717, 1.165) is 43.4 Å². The molecule has 7 heteroatoms. The molecule has 1 atom stereocenters. The zero-order chi connectivity index (χ0) is 34.8. The second kappa shape index (κ2) is 34.0. The summed E-state index contributed by atoms with van der Waals surface area (Å²) in [6, 6.07) is -1.43. The Morgan fingerprint density at radius 1 is 0.447 bits per heavy atom. The minimum Gasteiger partial charge on any atom is -0.481 e. The molecule has 0 bridgehead atoms.